The van der Waals surface area contributed by atoms with Crippen LogP contribution in [0.2, 0.25) is 0 Å². The number of hydrogen-bond donors (Lipinski definition) is 1. The van der Waals surface area contributed by atoms with Crippen LogP contribution in [-0.4, -0.2) is 34.7 Å². The fourth-order valence-electron chi connectivity index (χ4n) is 2.25. The zero-order valence-corrected chi connectivity index (χ0v) is 9.16. The molecule has 1 fully saturated rings. The van der Waals surface area contributed by atoms with Crippen LogP contribution in [0.25, 0.3) is 0 Å². The smallest absolute Gasteiger partial charge is 0.0524 e. The van der Waals surface area contributed by atoms with Crippen molar-refractivity contribution < 1.29 is 5.11 Å². The second kappa shape index (κ2) is 4.97. The van der Waals surface area contributed by atoms with Crippen LogP contribution in [0.1, 0.15) is 46.5 Å². The van der Waals surface area contributed by atoms with Crippen molar-refractivity contribution in [2.24, 2.45) is 0 Å². The van der Waals surface area contributed by atoms with Gasteiger partial charge in [-0.15, -0.1) is 0 Å². The van der Waals surface area contributed by atoms with Crippen LogP contribution in [0.3, 0.4) is 0 Å². The Morgan fingerprint density at radius 2 is 1.85 bits per heavy atom. The Bertz CT molecular complexity index is 137. The fourth-order valence-corrected chi connectivity index (χ4v) is 2.25. The molecule has 0 bridgehead atoms. The zero-order chi connectivity index (χ0) is 9.84. The van der Waals surface area contributed by atoms with E-state index in [4.69, 9.17) is 0 Å². The summed E-state index contributed by atoms with van der Waals surface area (Å²) in [4.78, 5) is 2.54. The molecule has 3 unspecified atom stereocenters. The van der Waals surface area contributed by atoms with Gasteiger partial charge in [0.25, 0.3) is 0 Å². The number of rotatable bonds is 3. The van der Waals surface area contributed by atoms with Gasteiger partial charge in [0, 0.05) is 18.6 Å². The SMILES string of the molecule is CC(O)CCN1C(C)CCCC1C. The summed E-state index contributed by atoms with van der Waals surface area (Å²) in [6, 6.07) is 1.42. The summed E-state index contributed by atoms with van der Waals surface area (Å²) in [7, 11) is 0. The van der Waals surface area contributed by atoms with E-state index in [2.05, 4.69) is 18.7 Å². The lowest BCUT2D eigenvalue weighted by Gasteiger charge is -2.39. The summed E-state index contributed by atoms with van der Waals surface area (Å²) in [5.41, 5.74) is 0. The summed E-state index contributed by atoms with van der Waals surface area (Å²) in [6.45, 7) is 7.54. The van der Waals surface area contributed by atoms with Gasteiger partial charge in [-0.25, -0.2) is 0 Å². The Morgan fingerprint density at radius 1 is 1.31 bits per heavy atom. The first-order valence-corrected chi connectivity index (χ1v) is 5.55. The minimum Gasteiger partial charge on any atom is -0.393 e. The van der Waals surface area contributed by atoms with E-state index in [1.807, 2.05) is 6.92 Å². The molecule has 13 heavy (non-hydrogen) atoms. The van der Waals surface area contributed by atoms with Gasteiger partial charge >= 0.3 is 0 Å². The number of aliphatic hydroxyl groups is 1. The molecule has 0 amide bonds. The molecule has 1 aliphatic rings. The van der Waals surface area contributed by atoms with Crippen molar-refractivity contribution in [2.75, 3.05) is 6.54 Å². The molecular formula is C11H23NO. The number of piperidine rings is 1. The molecule has 1 saturated heterocycles. The lowest BCUT2D eigenvalue weighted by Crippen LogP contribution is -2.44. The highest BCUT2D eigenvalue weighted by Gasteiger charge is 2.23. The first kappa shape index (κ1) is 11.0. The predicted molar refractivity (Wildman–Crippen MR) is 55.8 cm³/mol. The molecule has 0 spiro atoms. The summed E-state index contributed by atoms with van der Waals surface area (Å²) >= 11 is 0. The predicted octanol–water partition coefficient (Wildman–Crippen LogP) is 2.02. The standard InChI is InChI=1S/C11H23NO/c1-9-5-4-6-10(2)12(9)8-7-11(3)13/h9-11,13H,4-8H2,1-3H3. The van der Waals surface area contributed by atoms with E-state index in [1.54, 1.807) is 0 Å². The van der Waals surface area contributed by atoms with Crippen molar-refractivity contribution in [2.45, 2.75) is 64.6 Å². The number of aliphatic hydroxyl groups excluding tert-OH is 1. The van der Waals surface area contributed by atoms with E-state index in [0.717, 1.165) is 13.0 Å². The maximum atomic E-state index is 9.23. The maximum absolute atomic E-state index is 9.23. The van der Waals surface area contributed by atoms with Crippen molar-refractivity contribution in [3.8, 4) is 0 Å². The van der Waals surface area contributed by atoms with Crippen LogP contribution in [-0.2, 0) is 0 Å². The highest BCUT2D eigenvalue weighted by Crippen LogP contribution is 2.22. The van der Waals surface area contributed by atoms with Crippen LogP contribution < -0.4 is 0 Å². The third-order valence-electron chi connectivity index (χ3n) is 3.18. The Hall–Kier alpha value is -0.0800. The maximum Gasteiger partial charge on any atom is 0.0524 e. The summed E-state index contributed by atoms with van der Waals surface area (Å²) in [6.07, 6.45) is 4.78. The van der Waals surface area contributed by atoms with Crippen molar-refractivity contribution in [1.82, 2.24) is 4.90 Å². The van der Waals surface area contributed by atoms with Crippen molar-refractivity contribution in [1.29, 1.82) is 0 Å². The summed E-state index contributed by atoms with van der Waals surface area (Å²) in [5.74, 6) is 0. The highest BCUT2D eigenvalue weighted by atomic mass is 16.3. The second-order valence-electron chi connectivity index (χ2n) is 4.50. The van der Waals surface area contributed by atoms with Crippen molar-refractivity contribution >= 4 is 0 Å². The topological polar surface area (TPSA) is 23.5 Å². The average Bonchev–Trinajstić information content (AvgIpc) is 2.03. The zero-order valence-electron chi connectivity index (χ0n) is 9.16. The normalized spacial score (nSPS) is 33.2. The lowest BCUT2D eigenvalue weighted by atomic mass is 9.97. The third-order valence-corrected chi connectivity index (χ3v) is 3.18. The van der Waals surface area contributed by atoms with Gasteiger partial charge in [0.15, 0.2) is 0 Å². The van der Waals surface area contributed by atoms with Gasteiger partial charge in [-0.1, -0.05) is 6.42 Å². The van der Waals surface area contributed by atoms with E-state index >= 15 is 0 Å². The van der Waals surface area contributed by atoms with Gasteiger partial charge in [0.1, 0.15) is 0 Å². The van der Waals surface area contributed by atoms with Crippen LogP contribution in [0, 0.1) is 0 Å². The number of likely N-dealkylation sites (tertiary alicyclic amines) is 1. The highest BCUT2D eigenvalue weighted by molar-refractivity contribution is 4.79. The molecule has 0 aliphatic carbocycles. The van der Waals surface area contributed by atoms with Gasteiger partial charge in [-0.05, 0) is 40.0 Å². The number of hydrogen-bond acceptors (Lipinski definition) is 2. The van der Waals surface area contributed by atoms with E-state index in [1.165, 1.54) is 19.3 Å². The average molecular weight is 185 g/mol. The molecular weight excluding hydrogens is 162 g/mol. The summed E-state index contributed by atoms with van der Waals surface area (Å²) < 4.78 is 0. The Labute approximate surface area is 81.9 Å². The Kier molecular flexibility index (Phi) is 4.20. The Morgan fingerprint density at radius 3 is 2.31 bits per heavy atom. The number of nitrogens with zero attached hydrogens (tertiary/aromatic N) is 1. The molecule has 1 aliphatic heterocycles. The van der Waals surface area contributed by atoms with Crippen LogP contribution in [0.5, 0.6) is 0 Å². The quantitative estimate of drug-likeness (QED) is 0.727. The summed E-state index contributed by atoms with van der Waals surface area (Å²) in [5, 5.41) is 9.23. The molecule has 0 saturated carbocycles. The fraction of sp³-hybridized carbons (Fsp3) is 1.00. The molecule has 1 heterocycles. The van der Waals surface area contributed by atoms with Crippen LogP contribution in [0.4, 0.5) is 0 Å². The van der Waals surface area contributed by atoms with Crippen molar-refractivity contribution in [3.63, 3.8) is 0 Å². The molecule has 2 nitrogen and oxygen atoms in total. The Balaban J connectivity index is 2.35. The first-order valence-electron chi connectivity index (χ1n) is 5.55. The monoisotopic (exact) mass is 185 g/mol. The van der Waals surface area contributed by atoms with Gasteiger partial charge < -0.3 is 5.11 Å². The molecule has 3 atom stereocenters. The van der Waals surface area contributed by atoms with E-state index < -0.39 is 0 Å². The van der Waals surface area contributed by atoms with E-state index in [-0.39, 0.29) is 6.10 Å². The van der Waals surface area contributed by atoms with Gasteiger partial charge in [-0.3, -0.25) is 4.90 Å². The molecule has 2 heteroatoms. The lowest BCUT2D eigenvalue weighted by molar-refractivity contribution is 0.0796. The molecule has 0 aromatic heterocycles. The first-order chi connectivity index (χ1) is 6.11. The third kappa shape index (κ3) is 3.28. The van der Waals surface area contributed by atoms with E-state index in [9.17, 15) is 5.11 Å². The van der Waals surface area contributed by atoms with Gasteiger partial charge in [0.05, 0.1) is 6.10 Å². The molecule has 78 valence electrons. The minimum atomic E-state index is -0.152. The second-order valence-corrected chi connectivity index (χ2v) is 4.50. The minimum absolute atomic E-state index is 0.152. The molecule has 1 rings (SSSR count). The van der Waals surface area contributed by atoms with Crippen molar-refractivity contribution in [3.05, 3.63) is 0 Å². The largest absolute Gasteiger partial charge is 0.393 e. The van der Waals surface area contributed by atoms with Gasteiger partial charge in [-0.2, -0.15) is 0 Å². The molecule has 0 aromatic rings. The van der Waals surface area contributed by atoms with Crippen LogP contribution >= 0.6 is 0 Å². The van der Waals surface area contributed by atoms with E-state index in [0.29, 0.717) is 12.1 Å². The molecule has 0 radical (unpaired) electrons. The van der Waals surface area contributed by atoms with Gasteiger partial charge in [0.2, 0.25) is 0 Å². The molecule has 1 N–H and O–H groups in total. The molecule has 0 aromatic carbocycles. The van der Waals surface area contributed by atoms with Crippen LogP contribution in [0.15, 0.2) is 0 Å².